The van der Waals surface area contributed by atoms with Gasteiger partial charge in [-0.25, -0.2) is 0 Å². The van der Waals surface area contributed by atoms with E-state index in [9.17, 15) is 0 Å². The van der Waals surface area contributed by atoms with Gasteiger partial charge in [-0.1, -0.05) is 59.7 Å². The number of benzene rings is 3. The normalized spacial score (nSPS) is 20.9. The van der Waals surface area contributed by atoms with Gasteiger partial charge in [0.2, 0.25) is 0 Å². The highest BCUT2D eigenvalue weighted by molar-refractivity contribution is 6.68. The summed E-state index contributed by atoms with van der Waals surface area (Å²) in [6.45, 7) is 19.2. The van der Waals surface area contributed by atoms with Crippen molar-refractivity contribution in [2.75, 3.05) is 0 Å². The van der Waals surface area contributed by atoms with Crippen LogP contribution in [0.5, 0.6) is 17.2 Å². The van der Waals surface area contributed by atoms with Crippen LogP contribution in [0.15, 0.2) is 48.7 Å². The zero-order valence-electron chi connectivity index (χ0n) is 21.0. The predicted molar refractivity (Wildman–Crippen MR) is 139 cm³/mol. The van der Waals surface area contributed by atoms with Crippen molar-refractivity contribution in [3.8, 4) is 17.2 Å². The van der Waals surface area contributed by atoms with Gasteiger partial charge in [-0.15, -0.1) is 0 Å². The Bertz CT molecular complexity index is 1160. The average molecular weight is 472 g/mol. The fourth-order valence-corrected chi connectivity index (χ4v) is 7.53. The lowest BCUT2D eigenvalue weighted by molar-refractivity contribution is 0.211. The van der Waals surface area contributed by atoms with E-state index in [4.69, 9.17) is 13.3 Å². The Morgan fingerprint density at radius 3 is 1.24 bits per heavy atom. The monoisotopic (exact) mass is 471 g/mol. The standard InChI is InChI=1S/C29H33NO3Si/c1-8-34-31-27-21(5)9-18(2)12-24(27)15-30(16-25-13-19(3)10-22(6)28(25)32-34)17-26-14-20(4)11-23(7)29(26)33-34/h8-14H,1,15-17H2,2-7H3. The molecule has 34 heavy (non-hydrogen) atoms. The van der Waals surface area contributed by atoms with Crippen LogP contribution in [0.1, 0.15) is 50.1 Å². The van der Waals surface area contributed by atoms with E-state index in [1.165, 1.54) is 16.7 Å². The summed E-state index contributed by atoms with van der Waals surface area (Å²) in [5.74, 6) is 2.55. The Hall–Kier alpha value is -3.02. The summed E-state index contributed by atoms with van der Waals surface area (Å²) in [6, 6.07) is 13.2. The molecule has 3 aromatic rings. The lowest BCUT2D eigenvalue weighted by atomic mass is 10.0. The highest BCUT2D eigenvalue weighted by Crippen LogP contribution is 2.40. The van der Waals surface area contributed by atoms with E-state index in [0.717, 1.165) is 70.3 Å². The quantitative estimate of drug-likeness (QED) is 0.376. The van der Waals surface area contributed by atoms with Gasteiger partial charge in [0.1, 0.15) is 17.2 Å². The maximum absolute atomic E-state index is 6.85. The highest BCUT2D eigenvalue weighted by atomic mass is 28.4. The molecular formula is C29H33NO3Si. The fourth-order valence-electron chi connectivity index (χ4n) is 5.42. The SMILES string of the molecule is C=C[Si]12Oc3c(C)cc(C)cc3CN(Cc3cc(C)cc(C)c3O1)Cc1cc(C)cc(C)c1O2. The molecule has 0 saturated heterocycles. The van der Waals surface area contributed by atoms with E-state index in [2.05, 4.69) is 89.4 Å². The number of hydrogen-bond acceptors (Lipinski definition) is 4. The molecule has 0 fully saturated rings. The molecule has 6 rings (SSSR count). The number of hydrogen-bond donors (Lipinski definition) is 0. The van der Waals surface area contributed by atoms with E-state index in [0.29, 0.717) is 0 Å². The van der Waals surface area contributed by atoms with E-state index < -0.39 is 8.80 Å². The molecule has 3 aromatic carbocycles. The van der Waals surface area contributed by atoms with Crippen molar-refractivity contribution in [3.05, 3.63) is 98.7 Å². The van der Waals surface area contributed by atoms with Gasteiger partial charge < -0.3 is 13.3 Å². The number of aryl methyl sites for hydroxylation is 6. The molecule has 5 heteroatoms. The first kappa shape index (κ1) is 22.8. The molecule has 3 heterocycles. The van der Waals surface area contributed by atoms with Crippen LogP contribution in [0.25, 0.3) is 0 Å². The van der Waals surface area contributed by atoms with Crippen molar-refractivity contribution in [3.63, 3.8) is 0 Å². The molecule has 0 amide bonds. The summed E-state index contributed by atoms with van der Waals surface area (Å²) in [4.78, 5) is 2.47. The van der Waals surface area contributed by atoms with Crippen molar-refractivity contribution < 1.29 is 13.3 Å². The molecular weight excluding hydrogens is 438 g/mol. The van der Waals surface area contributed by atoms with Crippen LogP contribution in [0.3, 0.4) is 0 Å². The van der Waals surface area contributed by atoms with Crippen LogP contribution in [0.4, 0.5) is 0 Å². The lowest BCUT2D eigenvalue weighted by Gasteiger charge is -2.37. The highest BCUT2D eigenvalue weighted by Gasteiger charge is 2.49. The number of rotatable bonds is 1. The van der Waals surface area contributed by atoms with Gasteiger partial charge in [0.15, 0.2) is 0 Å². The molecule has 2 bridgehead atoms. The van der Waals surface area contributed by atoms with E-state index in [1.54, 1.807) is 5.70 Å². The third kappa shape index (κ3) is 4.03. The van der Waals surface area contributed by atoms with Crippen molar-refractivity contribution in [1.29, 1.82) is 0 Å². The molecule has 0 spiro atoms. The molecule has 0 saturated carbocycles. The maximum Gasteiger partial charge on any atom is 0.728 e. The van der Waals surface area contributed by atoms with Crippen molar-refractivity contribution in [2.45, 2.75) is 61.2 Å². The van der Waals surface area contributed by atoms with E-state index >= 15 is 0 Å². The lowest BCUT2D eigenvalue weighted by Crippen LogP contribution is -2.55. The molecule has 0 aliphatic carbocycles. The topological polar surface area (TPSA) is 30.9 Å². The minimum absolute atomic E-state index is 0.776. The van der Waals surface area contributed by atoms with Crippen molar-refractivity contribution in [1.82, 2.24) is 4.90 Å². The van der Waals surface area contributed by atoms with Gasteiger partial charge in [0.25, 0.3) is 0 Å². The third-order valence-corrected chi connectivity index (χ3v) is 8.62. The summed E-state index contributed by atoms with van der Waals surface area (Å²) in [5, 5.41) is 0. The van der Waals surface area contributed by atoms with Gasteiger partial charge >= 0.3 is 8.80 Å². The van der Waals surface area contributed by atoms with Crippen LogP contribution < -0.4 is 13.3 Å². The van der Waals surface area contributed by atoms with Crippen LogP contribution in [-0.2, 0) is 19.6 Å². The Kier molecular flexibility index (Phi) is 5.57. The minimum Gasteiger partial charge on any atom is -0.480 e. The molecule has 0 radical (unpaired) electrons. The summed E-state index contributed by atoms with van der Waals surface area (Å²) in [6.07, 6.45) is 0. The summed E-state index contributed by atoms with van der Waals surface area (Å²) < 4.78 is 20.6. The zero-order valence-corrected chi connectivity index (χ0v) is 22.0. The second-order valence-electron chi connectivity index (χ2n) is 9.97. The second kappa shape index (κ2) is 8.33. The van der Waals surface area contributed by atoms with Crippen LogP contribution in [-0.4, -0.2) is 13.7 Å². The second-order valence-corrected chi connectivity index (χ2v) is 12.2. The van der Waals surface area contributed by atoms with Gasteiger partial charge in [-0.05, 0) is 58.2 Å². The van der Waals surface area contributed by atoms with Crippen LogP contribution in [0, 0.1) is 41.5 Å². The maximum atomic E-state index is 6.85. The van der Waals surface area contributed by atoms with Gasteiger partial charge in [0.05, 0.1) is 0 Å². The molecule has 0 unspecified atom stereocenters. The third-order valence-electron chi connectivity index (χ3n) is 6.65. The molecule has 3 aliphatic heterocycles. The summed E-state index contributed by atoms with van der Waals surface area (Å²) >= 11 is 0. The molecule has 3 aliphatic rings. The molecule has 0 atom stereocenters. The first-order chi connectivity index (χ1) is 16.2. The molecule has 0 N–H and O–H groups in total. The molecule has 0 aromatic heterocycles. The Balaban J connectivity index is 1.81. The Morgan fingerprint density at radius 1 is 0.618 bits per heavy atom. The Morgan fingerprint density at radius 2 is 0.941 bits per heavy atom. The van der Waals surface area contributed by atoms with Gasteiger partial charge in [-0.3, -0.25) is 4.90 Å². The predicted octanol–water partition coefficient (Wildman–Crippen LogP) is 6.57. The zero-order chi connectivity index (χ0) is 24.2. The minimum atomic E-state index is -3.44. The number of nitrogens with zero attached hydrogens (tertiary/aromatic N) is 1. The average Bonchev–Trinajstić information content (AvgIpc) is 2.74. The van der Waals surface area contributed by atoms with Crippen LogP contribution >= 0.6 is 0 Å². The van der Waals surface area contributed by atoms with Crippen LogP contribution in [0.2, 0.25) is 0 Å². The van der Waals surface area contributed by atoms with E-state index in [-0.39, 0.29) is 0 Å². The summed E-state index contributed by atoms with van der Waals surface area (Å²) in [7, 11) is -3.44. The van der Waals surface area contributed by atoms with Crippen molar-refractivity contribution >= 4 is 8.80 Å². The molecule has 4 nitrogen and oxygen atoms in total. The van der Waals surface area contributed by atoms with Gasteiger partial charge in [0, 0.05) is 42.0 Å². The van der Waals surface area contributed by atoms with E-state index in [1.807, 2.05) is 0 Å². The van der Waals surface area contributed by atoms with Gasteiger partial charge in [-0.2, -0.15) is 0 Å². The first-order valence-electron chi connectivity index (χ1n) is 11.9. The largest absolute Gasteiger partial charge is 0.728 e. The fraction of sp³-hybridized carbons (Fsp3) is 0.310. The Labute approximate surface area is 204 Å². The summed E-state index contributed by atoms with van der Waals surface area (Å²) in [5.41, 5.74) is 12.2. The smallest absolute Gasteiger partial charge is 0.480 e. The van der Waals surface area contributed by atoms with Crippen molar-refractivity contribution in [2.24, 2.45) is 0 Å². The molecule has 176 valence electrons. The first-order valence-corrected chi connectivity index (χ1v) is 13.7.